The molecule has 1 aliphatic rings. The molecule has 0 amide bonds. The molecule has 6 aromatic rings. The van der Waals surface area contributed by atoms with E-state index in [2.05, 4.69) is 167 Å². The second-order valence-corrected chi connectivity index (χ2v) is 16.8. The van der Waals surface area contributed by atoms with E-state index in [-0.39, 0.29) is 18.3 Å². The predicted octanol–water partition coefficient (Wildman–Crippen LogP) is 11.8. The minimum atomic E-state index is -0.343. The summed E-state index contributed by atoms with van der Waals surface area (Å²) in [6, 6.07) is 55.0. The summed E-state index contributed by atoms with van der Waals surface area (Å²) < 4.78 is 24.4. The van der Waals surface area contributed by atoms with Gasteiger partial charge in [0.05, 0.1) is 24.4 Å². The summed E-state index contributed by atoms with van der Waals surface area (Å²) in [7, 11) is -0.332. The van der Waals surface area contributed by atoms with Crippen LogP contribution in [-0.4, -0.2) is 31.5 Å². The van der Waals surface area contributed by atoms with Gasteiger partial charge in [-0.2, -0.15) is 0 Å². The van der Waals surface area contributed by atoms with Crippen LogP contribution < -0.4 is 5.46 Å². The molecule has 0 bridgehead atoms. The third-order valence-corrected chi connectivity index (χ3v) is 11.7. The smallest absolute Gasteiger partial charge is 0.399 e. The van der Waals surface area contributed by atoms with Crippen molar-refractivity contribution in [1.82, 2.24) is 0 Å². The molecule has 0 radical (unpaired) electrons. The summed E-state index contributed by atoms with van der Waals surface area (Å²) in [5.41, 5.74) is 13.2. The van der Waals surface area contributed by atoms with E-state index >= 15 is 0 Å². The highest BCUT2D eigenvalue weighted by Gasteiger charge is 2.51. The van der Waals surface area contributed by atoms with Crippen molar-refractivity contribution in [2.45, 2.75) is 97.1 Å². The first kappa shape index (κ1) is 41.4. The standard InChI is InChI=1S/C53H59BO4/c1-52(2)53(3,4)58-54(57-52)51-32-26-41(27-33-51)18-11-19-46-36-49(47-28-22-42(23-29-47)20-12-34-55-39-44-14-7-5-8-15-44)38-50(37-46)48-30-24-43(25-31-48)21-13-35-56-40-45-16-9-6-10-17-45/h5-10,14-17,22-33,36-38H,11-13,18-21,34-35,39-40H2,1-4H3. The molecule has 7 rings (SSSR count). The van der Waals surface area contributed by atoms with E-state index in [9.17, 15) is 0 Å². The van der Waals surface area contributed by atoms with Crippen molar-refractivity contribution in [1.29, 1.82) is 0 Å². The molecule has 0 N–H and O–H groups in total. The van der Waals surface area contributed by atoms with Crippen LogP contribution in [0.2, 0.25) is 0 Å². The predicted molar refractivity (Wildman–Crippen MR) is 240 cm³/mol. The average Bonchev–Trinajstić information content (AvgIpc) is 3.47. The topological polar surface area (TPSA) is 36.9 Å². The Balaban J connectivity index is 0.985. The molecular weight excluding hydrogens is 711 g/mol. The quantitative estimate of drug-likeness (QED) is 0.0607. The molecule has 0 spiro atoms. The SMILES string of the molecule is CC1(C)OB(c2ccc(CCCc3cc(-c4ccc(CCCOCc5ccccc5)cc4)cc(-c4ccc(CCCOCc5ccccc5)cc4)c3)cc2)OC1(C)C. The highest BCUT2D eigenvalue weighted by molar-refractivity contribution is 6.62. The van der Waals surface area contributed by atoms with Crippen molar-refractivity contribution in [3.63, 3.8) is 0 Å². The number of rotatable bonds is 19. The van der Waals surface area contributed by atoms with Gasteiger partial charge in [0.15, 0.2) is 0 Å². The molecule has 0 saturated carbocycles. The molecule has 1 heterocycles. The zero-order chi connectivity index (χ0) is 40.2. The lowest BCUT2D eigenvalue weighted by Gasteiger charge is -2.32. The van der Waals surface area contributed by atoms with Gasteiger partial charge < -0.3 is 18.8 Å². The number of hydrogen-bond donors (Lipinski definition) is 0. The molecule has 298 valence electrons. The van der Waals surface area contributed by atoms with Gasteiger partial charge in [-0.1, -0.05) is 146 Å². The molecule has 58 heavy (non-hydrogen) atoms. The molecule has 0 atom stereocenters. The van der Waals surface area contributed by atoms with Crippen molar-refractivity contribution >= 4 is 12.6 Å². The number of aryl methyl sites for hydroxylation is 4. The summed E-state index contributed by atoms with van der Waals surface area (Å²) in [4.78, 5) is 0. The first-order valence-corrected chi connectivity index (χ1v) is 21.2. The van der Waals surface area contributed by atoms with E-state index in [1.165, 1.54) is 55.6 Å². The van der Waals surface area contributed by atoms with Gasteiger partial charge in [0.1, 0.15) is 0 Å². The fourth-order valence-electron chi connectivity index (χ4n) is 7.50. The molecular formula is C53H59BO4. The van der Waals surface area contributed by atoms with E-state index in [1.54, 1.807) is 0 Å². The summed E-state index contributed by atoms with van der Waals surface area (Å²) in [6.07, 6.45) is 7.09. The normalized spacial score (nSPS) is 14.5. The Kier molecular flexibility index (Phi) is 14.1. The van der Waals surface area contributed by atoms with Crippen LogP contribution in [0.15, 0.2) is 152 Å². The van der Waals surface area contributed by atoms with Gasteiger partial charge in [0.25, 0.3) is 0 Å². The third-order valence-electron chi connectivity index (χ3n) is 11.7. The van der Waals surface area contributed by atoms with Gasteiger partial charge >= 0.3 is 7.12 Å². The lowest BCUT2D eigenvalue weighted by atomic mass is 9.78. The van der Waals surface area contributed by atoms with Gasteiger partial charge in [-0.05, 0) is 140 Å². The summed E-state index contributed by atoms with van der Waals surface area (Å²) in [5, 5.41) is 0. The minimum absolute atomic E-state index is 0.332. The van der Waals surface area contributed by atoms with Crippen molar-refractivity contribution in [3.05, 3.63) is 185 Å². The maximum absolute atomic E-state index is 6.29. The molecule has 1 saturated heterocycles. The average molecular weight is 771 g/mol. The maximum Gasteiger partial charge on any atom is 0.494 e. The van der Waals surface area contributed by atoms with Crippen LogP contribution in [0, 0.1) is 0 Å². The fraction of sp³-hybridized carbons (Fsp3) is 0.321. The van der Waals surface area contributed by atoms with Gasteiger partial charge in [0.2, 0.25) is 0 Å². The number of ether oxygens (including phenoxy) is 2. The van der Waals surface area contributed by atoms with Crippen molar-refractivity contribution < 1.29 is 18.8 Å². The van der Waals surface area contributed by atoms with Gasteiger partial charge in [0, 0.05) is 13.2 Å². The van der Waals surface area contributed by atoms with E-state index in [1.807, 2.05) is 12.1 Å². The Morgan fingerprint density at radius 2 is 0.793 bits per heavy atom. The highest BCUT2D eigenvalue weighted by Crippen LogP contribution is 2.36. The number of benzene rings is 6. The molecule has 0 aromatic heterocycles. The molecule has 4 nitrogen and oxygen atoms in total. The Bertz CT molecular complexity index is 2020. The van der Waals surface area contributed by atoms with E-state index in [0.29, 0.717) is 13.2 Å². The lowest BCUT2D eigenvalue weighted by molar-refractivity contribution is 0.00578. The highest BCUT2D eigenvalue weighted by atomic mass is 16.7. The third kappa shape index (κ3) is 11.5. The minimum Gasteiger partial charge on any atom is -0.399 e. The second-order valence-electron chi connectivity index (χ2n) is 16.8. The first-order valence-electron chi connectivity index (χ1n) is 21.2. The molecule has 0 unspecified atom stereocenters. The van der Waals surface area contributed by atoms with Crippen LogP contribution in [0.25, 0.3) is 22.3 Å². The van der Waals surface area contributed by atoms with Crippen LogP contribution in [0.3, 0.4) is 0 Å². The van der Waals surface area contributed by atoms with Crippen molar-refractivity contribution in [3.8, 4) is 22.3 Å². The zero-order valence-corrected chi connectivity index (χ0v) is 34.9. The van der Waals surface area contributed by atoms with Gasteiger partial charge in [-0.15, -0.1) is 0 Å². The Hall–Kier alpha value is -4.78. The van der Waals surface area contributed by atoms with Crippen LogP contribution in [0.1, 0.15) is 80.3 Å². The summed E-state index contributed by atoms with van der Waals surface area (Å²) >= 11 is 0. The second kappa shape index (κ2) is 19.8. The number of hydrogen-bond acceptors (Lipinski definition) is 4. The van der Waals surface area contributed by atoms with Crippen LogP contribution in [-0.2, 0) is 57.7 Å². The van der Waals surface area contributed by atoms with Crippen LogP contribution in [0.5, 0.6) is 0 Å². The fourth-order valence-corrected chi connectivity index (χ4v) is 7.50. The van der Waals surface area contributed by atoms with Crippen molar-refractivity contribution in [2.75, 3.05) is 13.2 Å². The monoisotopic (exact) mass is 770 g/mol. The Labute approximate surface area is 347 Å². The van der Waals surface area contributed by atoms with Crippen LogP contribution in [0.4, 0.5) is 0 Å². The summed E-state index contributed by atoms with van der Waals surface area (Å²) in [5.74, 6) is 0. The molecule has 0 aliphatic carbocycles. The van der Waals surface area contributed by atoms with E-state index in [0.717, 1.165) is 63.6 Å². The molecule has 5 heteroatoms. The molecule has 6 aromatic carbocycles. The van der Waals surface area contributed by atoms with Gasteiger partial charge in [-0.3, -0.25) is 0 Å². The maximum atomic E-state index is 6.29. The molecule has 1 fully saturated rings. The van der Waals surface area contributed by atoms with E-state index < -0.39 is 0 Å². The van der Waals surface area contributed by atoms with E-state index in [4.69, 9.17) is 18.8 Å². The van der Waals surface area contributed by atoms with Gasteiger partial charge in [-0.25, -0.2) is 0 Å². The van der Waals surface area contributed by atoms with Crippen molar-refractivity contribution in [2.24, 2.45) is 0 Å². The Morgan fingerprint density at radius 1 is 0.397 bits per heavy atom. The molecule has 1 aliphatic heterocycles. The largest absolute Gasteiger partial charge is 0.494 e. The zero-order valence-electron chi connectivity index (χ0n) is 34.9. The van der Waals surface area contributed by atoms with Crippen LogP contribution >= 0.6 is 0 Å². The first-order chi connectivity index (χ1) is 28.2. The lowest BCUT2D eigenvalue weighted by Crippen LogP contribution is -2.41. The summed E-state index contributed by atoms with van der Waals surface area (Å²) in [6.45, 7) is 11.3. The Morgan fingerprint density at radius 3 is 1.24 bits per heavy atom.